The monoisotopic (exact) mass is 448 g/mol. The molecule has 168 valence electrons. The summed E-state index contributed by atoms with van der Waals surface area (Å²) in [6.45, 7) is 1.83. The van der Waals surface area contributed by atoms with Crippen LogP contribution in [-0.4, -0.2) is 63.8 Å². The molecule has 0 aromatic carbocycles. The predicted octanol–water partition coefficient (Wildman–Crippen LogP) is 1.47. The van der Waals surface area contributed by atoms with Gasteiger partial charge in [-0.3, -0.25) is 19.8 Å². The van der Waals surface area contributed by atoms with Crippen LogP contribution < -0.4 is 16.1 Å². The SMILES string of the molecule is O=C(CCN1CCCC(C(=O)Nc2nccs2)C1)NN1C(=O)NC2(CCCCC2)C1=O. The lowest BCUT2D eigenvalue weighted by molar-refractivity contribution is -0.140. The third-order valence-electron chi connectivity index (χ3n) is 6.30. The number of hydrogen-bond donors (Lipinski definition) is 3. The van der Waals surface area contributed by atoms with Crippen molar-refractivity contribution >= 4 is 40.2 Å². The van der Waals surface area contributed by atoms with E-state index in [4.69, 9.17) is 0 Å². The molecule has 2 saturated heterocycles. The molecule has 1 spiro atoms. The van der Waals surface area contributed by atoms with Gasteiger partial charge in [-0.05, 0) is 32.2 Å². The number of aromatic nitrogens is 1. The number of anilines is 1. The van der Waals surface area contributed by atoms with E-state index in [1.54, 1.807) is 6.20 Å². The molecule has 5 amide bonds. The maximum Gasteiger partial charge on any atom is 0.344 e. The summed E-state index contributed by atoms with van der Waals surface area (Å²) in [6.07, 6.45) is 7.51. The lowest BCUT2D eigenvalue weighted by Gasteiger charge is -2.31. The van der Waals surface area contributed by atoms with Gasteiger partial charge in [0.1, 0.15) is 5.54 Å². The van der Waals surface area contributed by atoms with Crippen LogP contribution in [0.2, 0.25) is 0 Å². The van der Waals surface area contributed by atoms with E-state index in [2.05, 4.69) is 25.9 Å². The normalized spacial score (nSPS) is 23.6. The Bertz CT molecular complexity index is 839. The van der Waals surface area contributed by atoms with Crippen molar-refractivity contribution in [2.24, 2.45) is 5.92 Å². The summed E-state index contributed by atoms with van der Waals surface area (Å²) in [7, 11) is 0. The molecule has 1 aliphatic carbocycles. The molecule has 1 aromatic heterocycles. The van der Waals surface area contributed by atoms with E-state index in [1.807, 2.05) is 5.38 Å². The first-order valence-electron chi connectivity index (χ1n) is 10.9. The number of carbonyl (C=O) groups excluding carboxylic acids is 4. The number of hydrazine groups is 1. The molecule has 1 saturated carbocycles. The van der Waals surface area contributed by atoms with Crippen LogP contribution in [0.15, 0.2) is 11.6 Å². The van der Waals surface area contributed by atoms with Gasteiger partial charge in [0.25, 0.3) is 5.91 Å². The largest absolute Gasteiger partial charge is 0.344 e. The van der Waals surface area contributed by atoms with Crippen molar-refractivity contribution in [3.8, 4) is 0 Å². The van der Waals surface area contributed by atoms with E-state index in [-0.39, 0.29) is 30.1 Å². The van der Waals surface area contributed by atoms with Crippen molar-refractivity contribution in [1.29, 1.82) is 0 Å². The van der Waals surface area contributed by atoms with E-state index in [9.17, 15) is 19.2 Å². The third-order valence-corrected chi connectivity index (χ3v) is 6.99. The van der Waals surface area contributed by atoms with Gasteiger partial charge in [-0.2, -0.15) is 5.01 Å². The van der Waals surface area contributed by atoms with Gasteiger partial charge in [0, 0.05) is 31.1 Å². The van der Waals surface area contributed by atoms with E-state index in [0.29, 0.717) is 31.1 Å². The summed E-state index contributed by atoms with van der Waals surface area (Å²) >= 11 is 1.38. The van der Waals surface area contributed by atoms with E-state index >= 15 is 0 Å². The summed E-state index contributed by atoms with van der Waals surface area (Å²) in [5.74, 6) is -0.952. The van der Waals surface area contributed by atoms with Crippen LogP contribution in [0.5, 0.6) is 0 Å². The molecule has 3 fully saturated rings. The average Bonchev–Trinajstić information content (AvgIpc) is 3.36. The molecule has 0 bridgehead atoms. The Morgan fingerprint density at radius 1 is 1.23 bits per heavy atom. The highest BCUT2D eigenvalue weighted by Gasteiger charge is 2.52. The molecule has 3 heterocycles. The van der Waals surface area contributed by atoms with Crippen LogP contribution in [0.25, 0.3) is 0 Å². The molecule has 1 aromatic rings. The van der Waals surface area contributed by atoms with Gasteiger partial charge >= 0.3 is 6.03 Å². The zero-order chi connectivity index (χ0) is 21.8. The van der Waals surface area contributed by atoms with Gasteiger partial charge in [-0.25, -0.2) is 9.78 Å². The zero-order valence-electron chi connectivity index (χ0n) is 17.4. The first-order valence-corrected chi connectivity index (χ1v) is 11.7. The number of rotatable bonds is 6. The Kier molecular flexibility index (Phi) is 6.51. The van der Waals surface area contributed by atoms with Crippen LogP contribution in [0.3, 0.4) is 0 Å². The summed E-state index contributed by atoms with van der Waals surface area (Å²) in [5.41, 5.74) is 1.62. The Labute approximate surface area is 184 Å². The fourth-order valence-electron chi connectivity index (χ4n) is 4.62. The number of piperidine rings is 1. The highest BCUT2D eigenvalue weighted by atomic mass is 32.1. The maximum absolute atomic E-state index is 12.8. The highest BCUT2D eigenvalue weighted by Crippen LogP contribution is 2.33. The van der Waals surface area contributed by atoms with Crippen molar-refractivity contribution in [2.45, 2.75) is 56.9 Å². The number of urea groups is 1. The number of carbonyl (C=O) groups is 4. The van der Waals surface area contributed by atoms with Crippen molar-refractivity contribution < 1.29 is 19.2 Å². The average molecular weight is 449 g/mol. The number of amides is 5. The first kappa shape index (κ1) is 21.7. The van der Waals surface area contributed by atoms with Crippen LogP contribution in [0.4, 0.5) is 9.93 Å². The van der Waals surface area contributed by atoms with Crippen molar-refractivity contribution in [3.63, 3.8) is 0 Å². The van der Waals surface area contributed by atoms with Gasteiger partial charge in [-0.15, -0.1) is 11.3 Å². The minimum absolute atomic E-state index is 0.0544. The second-order valence-electron chi connectivity index (χ2n) is 8.46. The predicted molar refractivity (Wildman–Crippen MR) is 114 cm³/mol. The molecule has 1 atom stereocenters. The lowest BCUT2D eigenvalue weighted by atomic mass is 9.82. The fraction of sp³-hybridized carbons (Fsp3) is 0.650. The second kappa shape index (κ2) is 9.31. The van der Waals surface area contributed by atoms with Crippen molar-refractivity contribution in [2.75, 3.05) is 25.0 Å². The number of hydrogen-bond acceptors (Lipinski definition) is 7. The summed E-state index contributed by atoms with van der Waals surface area (Å²) in [4.78, 5) is 56.1. The van der Waals surface area contributed by atoms with E-state index < -0.39 is 11.6 Å². The van der Waals surface area contributed by atoms with Crippen LogP contribution in [0, 0.1) is 5.92 Å². The summed E-state index contributed by atoms with van der Waals surface area (Å²) in [6, 6.07) is -0.558. The maximum atomic E-state index is 12.8. The quantitative estimate of drug-likeness (QED) is 0.566. The number of thiazole rings is 1. The molecule has 0 radical (unpaired) electrons. The molecule has 3 N–H and O–H groups in total. The number of likely N-dealkylation sites (tertiary alicyclic amines) is 1. The van der Waals surface area contributed by atoms with E-state index in [0.717, 1.165) is 43.7 Å². The molecular formula is C20H28N6O4S. The van der Waals surface area contributed by atoms with Crippen LogP contribution >= 0.6 is 11.3 Å². The summed E-state index contributed by atoms with van der Waals surface area (Å²) in [5, 5.41) is 8.86. The molecule has 31 heavy (non-hydrogen) atoms. The minimum Gasteiger partial charge on any atom is -0.322 e. The van der Waals surface area contributed by atoms with Gasteiger partial charge in [-0.1, -0.05) is 19.3 Å². The van der Waals surface area contributed by atoms with Crippen LogP contribution in [0.1, 0.15) is 51.4 Å². The Balaban J connectivity index is 1.24. The zero-order valence-corrected chi connectivity index (χ0v) is 18.2. The van der Waals surface area contributed by atoms with E-state index in [1.165, 1.54) is 11.3 Å². The van der Waals surface area contributed by atoms with Crippen molar-refractivity contribution in [1.82, 2.24) is 25.6 Å². The third kappa shape index (κ3) is 4.87. The number of nitrogens with zero attached hydrogens (tertiary/aromatic N) is 3. The van der Waals surface area contributed by atoms with Gasteiger partial charge in [0.15, 0.2) is 5.13 Å². The Hall–Kier alpha value is -2.53. The molecule has 1 unspecified atom stereocenters. The Morgan fingerprint density at radius 2 is 2.03 bits per heavy atom. The molecule has 2 aliphatic heterocycles. The molecular weight excluding hydrogens is 420 g/mol. The van der Waals surface area contributed by atoms with Gasteiger partial charge in [0.05, 0.1) is 5.92 Å². The topological polar surface area (TPSA) is 124 Å². The highest BCUT2D eigenvalue weighted by molar-refractivity contribution is 7.13. The first-order chi connectivity index (χ1) is 15.0. The fourth-order valence-corrected chi connectivity index (χ4v) is 5.15. The lowest BCUT2D eigenvalue weighted by Crippen LogP contribution is -2.51. The smallest absolute Gasteiger partial charge is 0.322 e. The molecule has 4 rings (SSSR count). The summed E-state index contributed by atoms with van der Waals surface area (Å²) < 4.78 is 0. The standard InChI is InChI=1S/C20H28N6O4S/c27-15(24-26-17(29)20(23-19(26)30)7-2-1-3-8-20)6-11-25-10-4-5-14(13-25)16(28)22-18-21-9-12-31-18/h9,12,14H,1-8,10-11,13H2,(H,23,30)(H,24,27)(H,21,22,28). The van der Waals surface area contributed by atoms with Crippen LogP contribution in [-0.2, 0) is 14.4 Å². The number of nitrogens with one attached hydrogen (secondary N) is 3. The molecule has 10 nitrogen and oxygen atoms in total. The minimum atomic E-state index is -0.854. The van der Waals surface area contributed by atoms with Crippen molar-refractivity contribution in [3.05, 3.63) is 11.6 Å². The van der Waals surface area contributed by atoms with Gasteiger partial charge in [0.2, 0.25) is 11.8 Å². The van der Waals surface area contributed by atoms with Gasteiger partial charge < -0.3 is 15.5 Å². The second-order valence-corrected chi connectivity index (χ2v) is 9.36. The number of imide groups is 1. The molecule has 11 heteroatoms. The Morgan fingerprint density at radius 3 is 2.77 bits per heavy atom. The molecule has 3 aliphatic rings.